The number of aryl methyl sites for hydroxylation is 2. The maximum absolute atomic E-state index is 7.90. The summed E-state index contributed by atoms with van der Waals surface area (Å²) in [5, 5.41) is 7.90. The van der Waals surface area contributed by atoms with Crippen LogP contribution in [0.3, 0.4) is 0 Å². The molecule has 0 aromatic carbocycles. The average molecular weight is 286 g/mol. The van der Waals surface area contributed by atoms with E-state index in [4.69, 9.17) is 11.1 Å². The van der Waals surface area contributed by atoms with E-state index in [2.05, 4.69) is 16.0 Å². The van der Waals surface area contributed by atoms with Crippen molar-refractivity contribution in [2.24, 2.45) is 17.6 Å². The van der Waals surface area contributed by atoms with Crippen LogP contribution in [0, 0.1) is 31.1 Å². The van der Waals surface area contributed by atoms with Gasteiger partial charge < -0.3 is 10.6 Å². The van der Waals surface area contributed by atoms with E-state index in [0.29, 0.717) is 0 Å². The number of anilines is 1. The molecule has 1 saturated carbocycles. The summed E-state index contributed by atoms with van der Waals surface area (Å²) in [5.74, 6) is 1.88. The molecule has 2 heterocycles. The lowest BCUT2D eigenvalue weighted by atomic mass is 9.75. The van der Waals surface area contributed by atoms with E-state index in [0.717, 1.165) is 47.6 Å². The molecule has 4 heteroatoms. The Morgan fingerprint density at radius 3 is 2.67 bits per heavy atom. The van der Waals surface area contributed by atoms with Crippen LogP contribution in [0.4, 0.5) is 5.69 Å². The second-order valence-electron chi connectivity index (χ2n) is 6.70. The van der Waals surface area contributed by atoms with E-state index in [1.54, 1.807) is 0 Å². The maximum Gasteiger partial charge on any atom is 0.126 e. The van der Waals surface area contributed by atoms with Crippen LogP contribution in [0.2, 0.25) is 0 Å². The van der Waals surface area contributed by atoms with Crippen molar-refractivity contribution in [3.05, 3.63) is 23.0 Å². The monoisotopic (exact) mass is 286 g/mol. The smallest absolute Gasteiger partial charge is 0.126 e. The zero-order chi connectivity index (χ0) is 15.0. The van der Waals surface area contributed by atoms with Gasteiger partial charge >= 0.3 is 0 Å². The number of piperidine rings is 1. The summed E-state index contributed by atoms with van der Waals surface area (Å²) >= 11 is 0. The van der Waals surface area contributed by atoms with Crippen molar-refractivity contribution >= 4 is 11.5 Å². The van der Waals surface area contributed by atoms with Gasteiger partial charge in [-0.05, 0) is 44.6 Å². The van der Waals surface area contributed by atoms with Gasteiger partial charge in [-0.1, -0.05) is 19.3 Å². The van der Waals surface area contributed by atoms with E-state index in [-0.39, 0.29) is 5.84 Å². The quantitative estimate of drug-likeness (QED) is 0.649. The molecule has 1 aliphatic carbocycles. The summed E-state index contributed by atoms with van der Waals surface area (Å²) in [6.07, 6.45) is 6.84. The molecule has 114 valence electrons. The zero-order valence-corrected chi connectivity index (χ0v) is 13.2. The Labute approximate surface area is 127 Å². The first kappa shape index (κ1) is 14.4. The van der Waals surface area contributed by atoms with Gasteiger partial charge in [-0.15, -0.1) is 0 Å². The number of hydrogen-bond acceptors (Lipinski definition) is 3. The number of rotatable bonds is 2. The van der Waals surface area contributed by atoms with Gasteiger partial charge in [0.2, 0.25) is 0 Å². The Hall–Kier alpha value is -1.58. The van der Waals surface area contributed by atoms with Gasteiger partial charge in [0.1, 0.15) is 5.84 Å². The standard InChI is InChI=1S/C17H26N4/c1-11-9-15(16(17(18)19)12(2)20-11)21-8-7-13-5-3-4-6-14(13)10-21/h9,13-14H,3-8,10H2,1-2H3,(H3,18,19). The normalized spacial score (nSPS) is 25.5. The molecule has 1 aromatic heterocycles. The van der Waals surface area contributed by atoms with Crippen LogP contribution in [0.5, 0.6) is 0 Å². The summed E-state index contributed by atoms with van der Waals surface area (Å²) < 4.78 is 0. The second kappa shape index (κ2) is 5.66. The molecule has 1 aromatic rings. The lowest BCUT2D eigenvalue weighted by molar-refractivity contribution is 0.202. The molecule has 1 saturated heterocycles. The molecule has 0 spiro atoms. The molecule has 0 bridgehead atoms. The first-order chi connectivity index (χ1) is 10.1. The van der Waals surface area contributed by atoms with Crippen molar-refractivity contribution in [1.29, 1.82) is 5.41 Å². The highest BCUT2D eigenvalue weighted by Crippen LogP contribution is 2.38. The van der Waals surface area contributed by atoms with Gasteiger partial charge in [-0.3, -0.25) is 10.4 Å². The fourth-order valence-electron chi connectivity index (χ4n) is 4.21. The van der Waals surface area contributed by atoms with Gasteiger partial charge in [-0.2, -0.15) is 0 Å². The zero-order valence-electron chi connectivity index (χ0n) is 13.2. The SMILES string of the molecule is Cc1cc(N2CCC3CCCCC3C2)c(C(=N)N)c(C)n1. The number of aromatic nitrogens is 1. The van der Waals surface area contributed by atoms with E-state index < -0.39 is 0 Å². The van der Waals surface area contributed by atoms with E-state index >= 15 is 0 Å². The van der Waals surface area contributed by atoms with Gasteiger partial charge in [0.15, 0.2) is 0 Å². The number of nitrogens with zero attached hydrogens (tertiary/aromatic N) is 2. The molecule has 1 aliphatic heterocycles. The molecule has 3 N–H and O–H groups in total. The number of amidine groups is 1. The summed E-state index contributed by atoms with van der Waals surface area (Å²) in [5.41, 5.74) is 9.66. The number of pyridine rings is 1. The molecule has 4 nitrogen and oxygen atoms in total. The average Bonchev–Trinajstić information content (AvgIpc) is 2.45. The summed E-state index contributed by atoms with van der Waals surface area (Å²) in [7, 11) is 0. The van der Waals surface area contributed by atoms with Gasteiger partial charge in [0.05, 0.1) is 16.9 Å². The van der Waals surface area contributed by atoms with E-state index in [1.807, 2.05) is 13.8 Å². The fourth-order valence-corrected chi connectivity index (χ4v) is 4.21. The van der Waals surface area contributed by atoms with Crippen LogP contribution in [0.15, 0.2) is 6.07 Å². The topological polar surface area (TPSA) is 66.0 Å². The third-order valence-corrected chi connectivity index (χ3v) is 5.21. The molecule has 3 rings (SSSR count). The van der Waals surface area contributed by atoms with E-state index in [9.17, 15) is 0 Å². The van der Waals surface area contributed by atoms with Gasteiger partial charge in [-0.25, -0.2) is 0 Å². The van der Waals surface area contributed by atoms with Crippen LogP contribution < -0.4 is 10.6 Å². The third kappa shape index (κ3) is 2.76. The van der Waals surface area contributed by atoms with Crippen molar-refractivity contribution in [3.63, 3.8) is 0 Å². The number of hydrogen-bond donors (Lipinski definition) is 2. The largest absolute Gasteiger partial charge is 0.384 e. The fraction of sp³-hybridized carbons (Fsp3) is 0.647. The molecule has 2 fully saturated rings. The molecule has 21 heavy (non-hydrogen) atoms. The predicted octanol–water partition coefficient (Wildman–Crippen LogP) is 3.00. The number of fused-ring (bicyclic) bond motifs is 1. The molecule has 2 aliphatic rings. The molecule has 0 amide bonds. The molecule has 0 radical (unpaired) electrons. The number of nitrogens with one attached hydrogen (secondary N) is 1. The van der Waals surface area contributed by atoms with Crippen LogP contribution in [0.1, 0.15) is 49.1 Å². The molecular formula is C17H26N4. The van der Waals surface area contributed by atoms with E-state index in [1.165, 1.54) is 32.1 Å². The third-order valence-electron chi connectivity index (χ3n) is 5.21. The minimum Gasteiger partial charge on any atom is -0.384 e. The van der Waals surface area contributed by atoms with Crippen LogP contribution >= 0.6 is 0 Å². The van der Waals surface area contributed by atoms with Crippen LogP contribution in [0.25, 0.3) is 0 Å². The second-order valence-corrected chi connectivity index (χ2v) is 6.70. The summed E-state index contributed by atoms with van der Waals surface area (Å²) in [4.78, 5) is 6.93. The van der Waals surface area contributed by atoms with Gasteiger partial charge in [0.25, 0.3) is 0 Å². The van der Waals surface area contributed by atoms with Crippen molar-refractivity contribution in [1.82, 2.24) is 4.98 Å². The Morgan fingerprint density at radius 1 is 1.24 bits per heavy atom. The lowest BCUT2D eigenvalue weighted by Gasteiger charge is -2.43. The van der Waals surface area contributed by atoms with Crippen molar-refractivity contribution in [2.75, 3.05) is 18.0 Å². The Balaban J connectivity index is 1.91. The highest BCUT2D eigenvalue weighted by atomic mass is 15.1. The highest BCUT2D eigenvalue weighted by Gasteiger charge is 2.32. The minimum atomic E-state index is 0.140. The number of nitrogens with two attached hydrogens (primary N) is 1. The molecule has 2 unspecified atom stereocenters. The lowest BCUT2D eigenvalue weighted by Crippen LogP contribution is -2.42. The van der Waals surface area contributed by atoms with Crippen molar-refractivity contribution in [3.8, 4) is 0 Å². The first-order valence-electron chi connectivity index (χ1n) is 8.14. The van der Waals surface area contributed by atoms with Crippen LogP contribution in [-0.2, 0) is 0 Å². The Bertz CT molecular complexity index is 552. The first-order valence-corrected chi connectivity index (χ1v) is 8.14. The Kier molecular flexibility index (Phi) is 3.87. The summed E-state index contributed by atoms with van der Waals surface area (Å²) in [6, 6.07) is 2.10. The number of nitrogen functional groups attached to an aromatic ring is 1. The van der Waals surface area contributed by atoms with Crippen molar-refractivity contribution in [2.45, 2.75) is 46.0 Å². The minimum absolute atomic E-state index is 0.140. The maximum atomic E-state index is 7.90. The van der Waals surface area contributed by atoms with Gasteiger partial charge in [0, 0.05) is 18.8 Å². The van der Waals surface area contributed by atoms with Crippen LogP contribution in [-0.4, -0.2) is 23.9 Å². The Morgan fingerprint density at radius 2 is 1.95 bits per heavy atom. The highest BCUT2D eigenvalue weighted by molar-refractivity contribution is 6.01. The van der Waals surface area contributed by atoms with Crippen molar-refractivity contribution < 1.29 is 0 Å². The predicted molar refractivity (Wildman–Crippen MR) is 87.0 cm³/mol. The molecule has 2 atom stereocenters. The summed E-state index contributed by atoms with van der Waals surface area (Å²) in [6.45, 7) is 6.19. The molecular weight excluding hydrogens is 260 g/mol.